The van der Waals surface area contributed by atoms with Gasteiger partial charge in [-0.2, -0.15) is 0 Å². The van der Waals surface area contributed by atoms with E-state index in [1.165, 1.54) is 31.3 Å². The first-order valence-corrected chi connectivity index (χ1v) is 12.0. The summed E-state index contributed by atoms with van der Waals surface area (Å²) in [5.41, 5.74) is 4.09. The van der Waals surface area contributed by atoms with E-state index in [0.29, 0.717) is 53.6 Å². The number of fused-ring (bicyclic) bond motifs is 1. The molecule has 0 aromatic rings. The summed E-state index contributed by atoms with van der Waals surface area (Å²) in [6.07, 6.45) is 12.0. The van der Waals surface area contributed by atoms with Crippen molar-refractivity contribution in [3.63, 3.8) is 0 Å². The molecule has 4 nitrogen and oxygen atoms in total. The van der Waals surface area contributed by atoms with Gasteiger partial charge in [0.05, 0.1) is 12.2 Å². The molecule has 0 radical (unpaired) electrons. The summed E-state index contributed by atoms with van der Waals surface area (Å²) in [6, 6.07) is 0. The number of aliphatic hydroxyl groups excluding tert-OH is 2. The molecule has 1 heterocycles. The number of carbonyl (C=O) groups excluding carboxylic acids is 1. The van der Waals surface area contributed by atoms with Crippen LogP contribution >= 0.6 is 0 Å². The second-order valence-corrected chi connectivity index (χ2v) is 10.7. The highest BCUT2D eigenvalue weighted by molar-refractivity contribution is 5.89. The maximum Gasteiger partial charge on any atom is 0.333 e. The Kier molecular flexibility index (Phi) is 6.33. The highest BCUT2D eigenvalue weighted by Gasteiger charge is 2.51. The largest absolute Gasteiger partial charge is 0.459 e. The molecular weight excluding hydrogens is 388 g/mol. The summed E-state index contributed by atoms with van der Waals surface area (Å²) < 4.78 is 5.52. The second kappa shape index (κ2) is 8.71. The van der Waals surface area contributed by atoms with E-state index < -0.39 is 12.2 Å². The van der Waals surface area contributed by atoms with Gasteiger partial charge in [0.25, 0.3) is 0 Å². The Morgan fingerprint density at radius 1 is 1.16 bits per heavy atom. The normalized spacial score (nSPS) is 40.8. The van der Waals surface area contributed by atoms with Crippen LogP contribution < -0.4 is 0 Å². The van der Waals surface area contributed by atoms with Crippen LogP contribution in [0.5, 0.6) is 0 Å². The van der Waals surface area contributed by atoms with Gasteiger partial charge in [-0.3, -0.25) is 0 Å². The Morgan fingerprint density at radius 3 is 2.52 bits per heavy atom. The first-order valence-electron chi connectivity index (χ1n) is 12.0. The van der Waals surface area contributed by atoms with E-state index in [9.17, 15) is 15.0 Å². The third kappa shape index (κ3) is 4.34. The Balaban J connectivity index is 1.45. The molecule has 4 rings (SSSR count). The van der Waals surface area contributed by atoms with Crippen LogP contribution in [0, 0.1) is 23.2 Å². The van der Waals surface area contributed by atoms with E-state index in [1.54, 1.807) is 0 Å². The number of cyclic esters (lactones) is 1. The lowest BCUT2D eigenvalue weighted by atomic mass is 9.60. The number of aliphatic hydroxyl groups is 2. The zero-order valence-electron chi connectivity index (χ0n) is 19.1. The molecule has 31 heavy (non-hydrogen) atoms. The highest BCUT2D eigenvalue weighted by atomic mass is 16.5. The SMILES string of the molecule is C=C1C[C@@H](C[C@@H](C)C2CC[C@H]3C(=CC=C4C[C@@H](O)C(=C)[C@H](O)C4)CCC[C@]23C)OC1=O. The van der Waals surface area contributed by atoms with Crippen LogP contribution in [0.15, 0.2) is 47.6 Å². The number of rotatable bonds is 4. The third-order valence-corrected chi connectivity index (χ3v) is 8.70. The lowest BCUT2D eigenvalue weighted by molar-refractivity contribution is -0.139. The number of hydrogen-bond donors (Lipinski definition) is 2. The van der Waals surface area contributed by atoms with E-state index in [1.807, 2.05) is 0 Å². The van der Waals surface area contributed by atoms with Gasteiger partial charge in [-0.1, -0.05) is 50.3 Å². The quantitative estimate of drug-likeness (QED) is 0.376. The lowest BCUT2D eigenvalue weighted by Gasteiger charge is -2.44. The van der Waals surface area contributed by atoms with Gasteiger partial charge in [-0.05, 0) is 80.1 Å². The van der Waals surface area contributed by atoms with Crippen LogP contribution in [0.1, 0.15) is 71.6 Å². The van der Waals surface area contributed by atoms with Crippen molar-refractivity contribution in [2.45, 2.75) is 89.9 Å². The lowest BCUT2D eigenvalue weighted by Crippen LogP contribution is -2.36. The molecule has 3 saturated carbocycles. The van der Waals surface area contributed by atoms with Crippen LogP contribution in [0.4, 0.5) is 0 Å². The molecule has 1 saturated heterocycles. The fourth-order valence-corrected chi connectivity index (χ4v) is 6.98. The van der Waals surface area contributed by atoms with Gasteiger partial charge in [-0.25, -0.2) is 4.79 Å². The molecule has 0 bridgehead atoms. The minimum Gasteiger partial charge on any atom is -0.459 e. The average Bonchev–Trinajstić information content (AvgIpc) is 3.22. The Labute approximate surface area is 186 Å². The summed E-state index contributed by atoms with van der Waals surface area (Å²) >= 11 is 0. The summed E-state index contributed by atoms with van der Waals surface area (Å²) in [7, 11) is 0. The molecular formula is C27H38O4. The summed E-state index contributed by atoms with van der Waals surface area (Å²) in [6.45, 7) is 12.5. The maximum atomic E-state index is 11.7. The van der Waals surface area contributed by atoms with Crippen molar-refractivity contribution in [2.75, 3.05) is 0 Å². The van der Waals surface area contributed by atoms with Crippen LogP contribution in [-0.2, 0) is 9.53 Å². The standard InChI is InChI=1S/C27H38O4/c1-16(12-21-13-17(2)26(30)31-21)22-9-10-23-20(6-5-11-27(22,23)4)8-7-19-14-24(28)18(3)25(29)15-19/h7-8,16,21-25,28-29H,2-3,5-6,9-15H2,1,4H3/t16-,21-,22?,23+,24-,25-,27-/m1/s1. The summed E-state index contributed by atoms with van der Waals surface area (Å²) in [5, 5.41) is 20.3. The molecule has 1 aliphatic heterocycles. The van der Waals surface area contributed by atoms with Gasteiger partial charge in [0.15, 0.2) is 0 Å². The molecule has 4 fully saturated rings. The van der Waals surface area contributed by atoms with E-state index in [0.717, 1.165) is 18.4 Å². The number of hydrogen-bond acceptors (Lipinski definition) is 4. The van der Waals surface area contributed by atoms with E-state index >= 15 is 0 Å². The van der Waals surface area contributed by atoms with Gasteiger partial charge in [-0.15, -0.1) is 0 Å². The molecule has 7 atom stereocenters. The van der Waals surface area contributed by atoms with Crippen molar-refractivity contribution in [1.29, 1.82) is 0 Å². The predicted octanol–water partition coefficient (Wildman–Crippen LogP) is 5.03. The van der Waals surface area contributed by atoms with Crippen molar-refractivity contribution in [2.24, 2.45) is 23.2 Å². The van der Waals surface area contributed by atoms with Crippen LogP contribution in [-0.4, -0.2) is 34.5 Å². The fourth-order valence-electron chi connectivity index (χ4n) is 6.98. The van der Waals surface area contributed by atoms with Gasteiger partial charge in [0.1, 0.15) is 6.10 Å². The van der Waals surface area contributed by atoms with Crippen LogP contribution in [0.3, 0.4) is 0 Å². The molecule has 0 amide bonds. The number of ether oxygens (including phenoxy) is 1. The van der Waals surface area contributed by atoms with Gasteiger partial charge in [0.2, 0.25) is 0 Å². The molecule has 4 aliphatic rings. The van der Waals surface area contributed by atoms with E-state index in [4.69, 9.17) is 4.74 Å². The molecule has 3 aliphatic carbocycles. The minimum atomic E-state index is -0.637. The van der Waals surface area contributed by atoms with Crippen LogP contribution in [0.2, 0.25) is 0 Å². The zero-order valence-corrected chi connectivity index (χ0v) is 19.1. The molecule has 0 spiro atoms. The topological polar surface area (TPSA) is 66.8 Å². The van der Waals surface area contributed by atoms with Crippen molar-refractivity contribution < 1.29 is 19.7 Å². The second-order valence-electron chi connectivity index (χ2n) is 10.7. The average molecular weight is 427 g/mol. The van der Waals surface area contributed by atoms with E-state index in [2.05, 4.69) is 39.2 Å². The Bertz CT molecular complexity index is 789. The van der Waals surface area contributed by atoms with Crippen molar-refractivity contribution >= 4 is 5.97 Å². The molecule has 0 aromatic heterocycles. The van der Waals surface area contributed by atoms with Crippen LogP contribution in [0.25, 0.3) is 0 Å². The molecule has 170 valence electrons. The fraction of sp³-hybridized carbons (Fsp3) is 0.667. The van der Waals surface area contributed by atoms with Crippen molar-refractivity contribution in [3.05, 3.63) is 47.6 Å². The van der Waals surface area contributed by atoms with E-state index in [-0.39, 0.29) is 12.1 Å². The van der Waals surface area contributed by atoms with Crippen molar-refractivity contribution in [1.82, 2.24) is 0 Å². The molecule has 1 unspecified atom stereocenters. The molecule has 0 aromatic carbocycles. The van der Waals surface area contributed by atoms with Gasteiger partial charge in [0, 0.05) is 12.0 Å². The predicted molar refractivity (Wildman–Crippen MR) is 122 cm³/mol. The number of allylic oxidation sites excluding steroid dienone is 3. The minimum absolute atomic E-state index is 0.0000980. The monoisotopic (exact) mass is 426 g/mol. The number of esters is 1. The first kappa shape index (κ1) is 22.5. The molecule has 4 heteroatoms. The zero-order chi connectivity index (χ0) is 22.3. The van der Waals surface area contributed by atoms with Gasteiger partial charge < -0.3 is 14.9 Å². The highest BCUT2D eigenvalue weighted by Crippen LogP contribution is 2.60. The summed E-state index contributed by atoms with van der Waals surface area (Å²) in [5.74, 6) is 1.54. The third-order valence-electron chi connectivity index (χ3n) is 8.70. The summed E-state index contributed by atoms with van der Waals surface area (Å²) in [4.78, 5) is 11.7. The Hall–Kier alpha value is -1.65. The first-order chi connectivity index (χ1) is 14.7. The smallest absolute Gasteiger partial charge is 0.333 e. The van der Waals surface area contributed by atoms with Crippen molar-refractivity contribution in [3.8, 4) is 0 Å². The Morgan fingerprint density at radius 2 is 1.87 bits per heavy atom. The number of carbonyl (C=O) groups is 1. The maximum absolute atomic E-state index is 11.7. The van der Waals surface area contributed by atoms with Gasteiger partial charge >= 0.3 is 5.97 Å². The molecule has 2 N–H and O–H groups in total.